The summed E-state index contributed by atoms with van der Waals surface area (Å²) in [5.74, 6) is 0.467. The number of benzene rings is 2. The van der Waals surface area contributed by atoms with Crippen LogP contribution in [0.2, 0.25) is 0 Å². The molecule has 0 spiro atoms. The molecule has 28 heavy (non-hydrogen) atoms. The van der Waals surface area contributed by atoms with Gasteiger partial charge in [-0.05, 0) is 53.3 Å². The first-order valence-electron chi connectivity index (χ1n) is 9.42. The minimum atomic E-state index is -0.169. The predicted molar refractivity (Wildman–Crippen MR) is 114 cm³/mol. The van der Waals surface area contributed by atoms with E-state index in [4.69, 9.17) is 0 Å². The summed E-state index contributed by atoms with van der Waals surface area (Å²) in [7, 11) is 0. The van der Waals surface area contributed by atoms with Gasteiger partial charge < -0.3 is 4.98 Å². The fraction of sp³-hybridized carbons (Fsp3) is 0.217. The van der Waals surface area contributed by atoms with Crippen LogP contribution >= 0.6 is 0 Å². The van der Waals surface area contributed by atoms with E-state index < -0.39 is 0 Å². The molecule has 140 valence electrons. The zero-order valence-corrected chi connectivity index (χ0v) is 16.1. The number of H-pyrrole nitrogens is 1. The molecule has 2 aromatic heterocycles. The van der Waals surface area contributed by atoms with Gasteiger partial charge >= 0.3 is 0 Å². The van der Waals surface area contributed by atoms with Crippen LogP contribution in [0.3, 0.4) is 0 Å². The quantitative estimate of drug-likeness (QED) is 0.355. The second-order valence-electron chi connectivity index (χ2n) is 7.24. The van der Waals surface area contributed by atoms with Gasteiger partial charge in [-0.15, -0.1) is 4.91 Å². The molecule has 0 fully saturated rings. The van der Waals surface area contributed by atoms with Crippen LogP contribution in [0.1, 0.15) is 37.3 Å². The molecule has 1 unspecified atom stereocenters. The lowest BCUT2D eigenvalue weighted by atomic mass is 9.91. The van der Waals surface area contributed by atoms with E-state index in [1.807, 2.05) is 19.1 Å². The molecule has 0 saturated heterocycles. The highest BCUT2D eigenvalue weighted by Gasteiger charge is 2.18. The number of rotatable bonds is 4. The fourth-order valence-corrected chi connectivity index (χ4v) is 3.78. The molecule has 4 rings (SSSR count). The van der Waals surface area contributed by atoms with E-state index in [0.717, 1.165) is 33.9 Å². The summed E-state index contributed by atoms with van der Waals surface area (Å²) in [6, 6.07) is 11.7. The van der Waals surface area contributed by atoms with Gasteiger partial charge in [-0.25, -0.2) is 0 Å². The van der Waals surface area contributed by atoms with Crippen LogP contribution in [0.5, 0.6) is 0 Å². The third-order valence-electron chi connectivity index (χ3n) is 5.56. The topological polar surface area (TPSA) is 75.2 Å². The first kappa shape index (κ1) is 18.0. The lowest BCUT2D eigenvalue weighted by molar-refractivity contribution is 0.734. The van der Waals surface area contributed by atoms with Crippen LogP contribution < -0.4 is 5.56 Å². The van der Waals surface area contributed by atoms with Crippen LogP contribution in [0.4, 0.5) is 5.69 Å². The van der Waals surface area contributed by atoms with Crippen molar-refractivity contribution in [1.29, 1.82) is 0 Å². The first-order valence-corrected chi connectivity index (χ1v) is 9.42. The number of fused-ring (bicyclic) bond motifs is 3. The Bertz CT molecular complexity index is 1260. The van der Waals surface area contributed by atoms with Gasteiger partial charge in [-0.2, -0.15) is 0 Å². The standard InChI is InChI=1S/C23H21N3O2/c1-4-13(2)15-5-7-16(8-6-15)20-19(26-28)11-14(3)22-21(20)18-12-24-10-9-17(18)23(27)25-22/h5-13H,4H2,1-3H3,(H,25,27). The molecular weight excluding hydrogens is 350 g/mol. The smallest absolute Gasteiger partial charge is 0.256 e. The Hall–Kier alpha value is -3.34. The number of aryl methyl sites for hydroxylation is 1. The number of nitrogens with one attached hydrogen (secondary N) is 1. The van der Waals surface area contributed by atoms with Crippen molar-refractivity contribution < 1.29 is 0 Å². The summed E-state index contributed by atoms with van der Waals surface area (Å²) >= 11 is 0. The molecule has 1 atom stereocenters. The van der Waals surface area contributed by atoms with E-state index in [0.29, 0.717) is 22.5 Å². The second kappa shape index (κ2) is 7.00. The third kappa shape index (κ3) is 2.80. The van der Waals surface area contributed by atoms with Gasteiger partial charge in [0.2, 0.25) is 0 Å². The Morgan fingerprint density at radius 1 is 1.14 bits per heavy atom. The summed E-state index contributed by atoms with van der Waals surface area (Å²) in [4.78, 5) is 31.4. The van der Waals surface area contributed by atoms with Crippen LogP contribution in [-0.2, 0) is 0 Å². The maximum atomic E-state index is 12.5. The largest absolute Gasteiger partial charge is 0.321 e. The molecule has 0 aliphatic heterocycles. The van der Waals surface area contributed by atoms with Crippen molar-refractivity contribution in [2.45, 2.75) is 33.1 Å². The van der Waals surface area contributed by atoms with Crippen molar-refractivity contribution in [3.05, 3.63) is 75.2 Å². The van der Waals surface area contributed by atoms with E-state index in [9.17, 15) is 9.70 Å². The molecule has 0 aliphatic rings. The molecule has 2 aromatic carbocycles. The van der Waals surface area contributed by atoms with E-state index in [-0.39, 0.29) is 5.56 Å². The molecule has 0 saturated carbocycles. The summed E-state index contributed by atoms with van der Waals surface area (Å²) in [6.07, 6.45) is 4.34. The number of aromatic amines is 1. The van der Waals surface area contributed by atoms with Crippen molar-refractivity contribution >= 4 is 27.4 Å². The highest BCUT2D eigenvalue weighted by Crippen LogP contribution is 2.41. The van der Waals surface area contributed by atoms with Crippen LogP contribution in [0.15, 0.2) is 58.8 Å². The van der Waals surface area contributed by atoms with Crippen molar-refractivity contribution in [2.24, 2.45) is 5.18 Å². The van der Waals surface area contributed by atoms with Crippen molar-refractivity contribution in [3.63, 3.8) is 0 Å². The molecule has 1 N–H and O–H groups in total. The van der Waals surface area contributed by atoms with Crippen LogP contribution in [-0.4, -0.2) is 9.97 Å². The summed E-state index contributed by atoms with van der Waals surface area (Å²) in [5.41, 5.74) is 4.57. The van der Waals surface area contributed by atoms with Gasteiger partial charge in [0.05, 0.1) is 10.9 Å². The molecule has 0 bridgehead atoms. The van der Waals surface area contributed by atoms with Crippen molar-refractivity contribution in [3.8, 4) is 11.1 Å². The molecule has 0 radical (unpaired) electrons. The zero-order valence-electron chi connectivity index (χ0n) is 16.1. The number of nitrogens with zero attached hydrogens (tertiary/aromatic N) is 2. The Kier molecular flexibility index (Phi) is 4.51. The van der Waals surface area contributed by atoms with Gasteiger partial charge in [0, 0.05) is 28.7 Å². The van der Waals surface area contributed by atoms with Gasteiger partial charge in [0.25, 0.3) is 5.56 Å². The highest BCUT2D eigenvalue weighted by atomic mass is 16.3. The Morgan fingerprint density at radius 3 is 2.57 bits per heavy atom. The van der Waals surface area contributed by atoms with E-state index in [1.165, 1.54) is 5.56 Å². The maximum Gasteiger partial charge on any atom is 0.256 e. The molecular formula is C23H21N3O2. The zero-order chi connectivity index (χ0) is 19.8. The van der Waals surface area contributed by atoms with E-state index in [2.05, 4.69) is 41.1 Å². The summed E-state index contributed by atoms with van der Waals surface area (Å²) in [5, 5.41) is 5.36. The average Bonchev–Trinajstić information content (AvgIpc) is 2.74. The van der Waals surface area contributed by atoms with Crippen LogP contribution in [0.25, 0.3) is 32.8 Å². The van der Waals surface area contributed by atoms with Gasteiger partial charge in [0.15, 0.2) is 0 Å². The number of aromatic nitrogens is 2. The fourth-order valence-electron chi connectivity index (χ4n) is 3.78. The first-order chi connectivity index (χ1) is 13.5. The van der Waals surface area contributed by atoms with E-state index >= 15 is 0 Å². The Morgan fingerprint density at radius 2 is 1.89 bits per heavy atom. The summed E-state index contributed by atoms with van der Waals surface area (Å²) < 4.78 is 0. The molecule has 0 amide bonds. The third-order valence-corrected chi connectivity index (χ3v) is 5.56. The molecule has 0 aliphatic carbocycles. The SMILES string of the molecule is CCC(C)c1ccc(-c2c(N=O)cc(C)c3[nH]c(=O)c4ccncc4c23)cc1. The van der Waals surface area contributed by atoms with Crippen molar-refractivity contribution in [2.75, 3.05) is 0 Å². The minimum Gasteiger partial charge on any atom is -0.321 e. The van der Waals surface area contributed by atoms with E-state index in [1.54, 1.807) is 24.5 Å². The average molecular weight is 371 g/mol. The number of nitroso groups, excluding NO2 is 1. The monoisotopic (exact) mass is 371 g/mol. The van der Waals surface area contributed by atoms with Gasteiger partial charge in [-0.1, -0.05) is 38.1 Å². The minimum absolute atomic E-state index is 0.169. The lowest BCUT2D eigenvalue weighted by Crippen LogP contribution is -2.08. The number of pyridine rings is 2. The van der Waals surface area contributed by atoms with Crippen LogP contribution in [0, 0.1) is 11.8 Å². The molecule has 5 heteroatoms. The summed E-state index contributed by atoms with van der Waals surface area (Å²) in [6.45, 7) is 6.22. The molecule has 4 aromatic rings. The van der Waals surface area contributed by atoms with Gasteiger partial charge in [0.1, 0.15) is 5.69 Å². The predicted octanol–water partition coefficient (Wildman–Crippen LogP) is 5.96. The van der Waals surface area contributed by atoms with Gasteiger partial charge in [-0.3, -0.25) is 9.78 Å². The molecule has 5 nitrogen and oxygen atoms in total. The Balaban J connectivity index is 2.12. The number of hydrogen-bond acceptors (Lipinski definition) is 4. The molecule has 2 heterocycles. The highest BCUT2D eigenvalue weighted by molar-refractivity contribution is 6.15. The Labute approximate surface area is 162 Å². The number of hydrogen-bond donors (Lipinski definition) is 1. The maximum absolute atomic E-state index is 12.5. The van der Waals surface area contributed by atoms with Crippen molar-refractivity contribution in [1.82, 2.24) is 9.97 Å². The normalized spacial score (nSPS) is 12.4. The lowest BCUT2D eigenvalue weighted by Gasteiger charge is -2.15. The second-order valence-corrected chi connectivity index (χ2v) is 7.24.